The smallest absolute Gasteiger partial charge is 0.362 e. The lowest BCUT2D eigenvalue weighted by Gasteiger charge is -2.28. The molecule has 0 fully saturated rings. The fourth-order valence-electron chi connectivity index (χ4n) is 7.51. The van der Waals surface area contributed by atoms with Crippen LogP contribution in [0, 0.1) is 0 Å². The van der Waals surface area contributed by atoms with Crippen molar-refractivity contribution in [2.45, 2.75) is 92.2 Å². The van der Waals surface area contributed by atoms with Crippen LogP contribution in [0.3, 0.4) is 0 Å². The molecule has 81 heavy (non-hydrogen) atoms. The van der Waals surface area contributed by atoms with E-state index < -0.39 is 8.60 Å². The van der Waals surface area contributed by atoms with Gasteiger partial charge in [0.2, 0.25) is 23.6 Å². The molecule has 4 N–H and O–H groups in total. The molecule has 0 aliphatic carbocycles. The van der Waals surface area contributed by atoms with Gasteiger partial charge in [0.1, 0.15) is 5.69 Å². The molecule has 460 valence electrons. The van der Waals surface area contributed by atoms with Gasteiger partial charge in [-0.3, -0.25) is 19.2 Å². The number of carbonyl (C=O) groups is 4. The van der Waals surface area contributed by atoms with Crippen molar-refractivity contribution in [3.05, 3.63) is 54.1 Å². The lowest BCUT2D eigenvalue weighted by molar-refractivity contribution is -0.189. The van der Waals surface area contributed by atoms with Gasteiger partial charge in [0.15, 0.2) is 0 Å². The van der Waals surface area contributed by atoms with Crippen molar-refractivity contribution in [3.63, 3.8) is 0 Å². The molecule has 2 aromatic carbocycles. The van der Waals surface area contributed by atoms with Crippen molar-refractivity contribution in [3.8, 4) is 22.5 Å². The lowest BCUT2D eigenvalue weighted by atomic mass is 9.95. The number of fused-ring (bicyclic) bond motifs is 5. The number of anilines is 1. The molecule has 1 aliphatic rings. The summed E-state index contributed by atoms with van der Waals surface area (Å²) in [6, 6.07) is 15.4. The van der Waals surface area contributed by atoms with Crippen LogP contribution < -0.4 is 26.2 Å². The zero-order chi connectivity index (χ0) is 58.8. The molecule has 0 bridgehead atoms. The summed E-state index contributed by atoms with van der Waals surface area (Å²) in [6.45, 7) is 17.7. The number of benzene rings is 2. The van der Waals surface area contributed by atoms with Crippen LogP contribution in [0.2, 0.25) is 0 Å². The van der Waals surface area contributed by atoms with Crippen molar-refractivity contribution in [2.75, 3.05) is 165 Å². The Hall–Kier alpha value is -4.63. The van der Waals surface area contributed by atoms with Crippen LogP contribution in [0.1, 0.15) is 84.6 Å². The van der Waals surface area contributed by atoms with Gasteiger partial charge in [0.05, 0.1) is 144 Å². The van der Waals surface area contributed by atoms with Crippen molar-refractivity contribution in [1.29, 1.82) is 0 Å². The Kier molecular flexibility index (Phi) is 44.7. The first-order chi connectivity index (χ1) is 39.9. The number of ether oxygens (including phenoxy) is 8. The minimum Gasteiger partial charge on any atom is -0.379 e. The SMILES string of the molecule is CC.CC.CNCCOCCOCCOCCNC(=O)CCOCCNC(=O)CCC(=O)N1Cc2ccccc2-c2c(nnn2CCOCCOCCOCCOCCC(=O)NCCCCCCOP(OC)OOC)-c2ccccc21. The molecule has 3 aromatic rings. The van der Waals surface area contributed by atoms with E-state index in [1.54, 1.807) is 4.90 Å². The van der Waals surface area contributed by atoms with E-state index in [0.717, 1.165) is 54.6 Å². The Morgan fingerprint density at radius 3 is 1.62 bits per heavy atom. The summed E-state index contributed by atoms with van der Waals surface area (Å²) in [7, 11) is 3.31. The highest BCUT2D eigenvalue weighted by molar-refractivity contribution is 7.41. The second kappa shape index (κ2) is 49.9. The monoisotopic (exact) mass is 1170 g/mol. The number of hydrogen-bond acceptors (Lipinski definition) is 19. The molecule has 1 atom stereocenters. The van der Waals surface area contributed by atoms with Gasteiger partial charge in [-0.25, -0.2) is 9.57 Å². The van der Waals surface area contributed by atoms with Gasteiger partial charge in [-0.15, -0.1) is 5.10 Å². The maximum Gasteiger partial charge on any atom is 0.362 e. The number of para-hydroxylation sites is 1. The van der Waals surface area contributed by atoms with E-state index in [2.05, 4.69) is 36.5 Å². The quantitative estimate of drug-likeness (QED) is 0.0225. The number of unbranched alkanes of at least 4 members (excludes halogenated alkanes) is 3. The molecule has 0 spiro atoms. The third-order valence-electron chi connectivity index (χ3n) is 11.4. The molecule has 0 saturated heterocycles. The predicted molar refractivity (Wildman–Crippen MR) is 309 cm³/mol. The predicted octanol–water partition coefficient (Wildman–Crippen LogP) is 5.80. The van der Waals surface area contributed by atoms with E-state index in [0.29, 0.717) is 137 Å². The Balaban J connectivity index is 0.00000547. The molecule has 1 unspecified atom stereocenters. The number of aromatic nitrogens is 3. The van der Waals surface area contributed by atoms with Crippen LogP contribution in [-0.2, 0) is 88.8 Å². The fraction of sp³-hybridized carbons (Fsp3) is 0.679. The molecular formula is C56H95N8O16P. The lowest BCUT2D eigenvalue weighted by Crippen LogP contribution is -2.34. The summed E-state index contributed by atoms with van der Waals surface area (Å²) in [5.74, 6) is -0.681. The van der Waals surface area contributed by atoms with Gasteiger partial charge in [-0.05, 0) is 31.5 Å². The van der Waals surface area contributed by atoms with Gasteiger partial charge in [0.25, 0.3) is 0 Å². The highest BCUT2D eigenvalue weighted by Crippen LogP contribution is 2.41. The first-order valence-electron chi connectivity index (χ1n) is 28.5. The van der Waals surface area contributed by atoms with Crippen LogP contribution in [0.5, 0.6) is 0 Å². The molecular weight excluding hydrogens is 1070 g/mol. The van der Waals surface area contributed by atoms with Crippen LogP contribution in [-0.4, -0.2) is 198 Å². The van der Waals surface area contributed by atoms with Gasteiger partial charge in [-0.1, -0.05) is 88.2 Å². The number of nitrogens with zero attached hydrogens (tertiary/aromatic N) is 4. The number of amides is 4. The summed E-state index contributed by atoms with van der Waals surface area (Å²) in [4.78, 5) is 57.3. The van der Waals surface area contributed by atoms with E-state index in [1.165, 1.54) is 14.2 Å². The van der Waals surface area contributed by atoms with Crippen molar-refractivity contribution < 1.29 is 75.7 Å². The van der Waals surface area contributed by atoms with E-state index in [-0.39, 0.29) is 69.2 Å². The van der Waals surface area contributed by atoms with Crippen LogP contribution in [0.25, 0.3) is 22.5 Å². The number of rotatable bonds is 47. The molecule has 4 amide bonds. The molecule has 0 radical (unpaired) electrons. The minimum absolute atomic E-state index is 0.00742. The van der Waals surface area contributed by atoms with E-state index in [1.807, 2.05) is 88.0 Å². The molecule has 1 aromatic heterocycles. The maximum atomic E-state index is 14.0. The number of carbonyl (C=O) groups excluding carboxylic acids is 4. The largest absolute Gasteiger partial charge is 0.379 e. The van der Waals surface area contributed by atoms with Crippen LogP contribution in [0.4, 0.5) is 5.69 Å². The summed E-state index contributed by atoms with van der Waals surface area (Å²) < 4.78 is 61.7. The first kappa shape index (κ1) is 72.5. The van der Waals surface area contributed by atoms with Gasteiger partial charge >= 0.3 is 8.60 Å². The van der Waals surface area contributed by atoms with Gasteiger partial charge in [-0.2, -0.15) is 4.67 Å². The van der Waals surface area contributed by atoms with Crippen molar-refractivity contribution in [1.82, 2.24) is 36.3 Å². The van der Waals surface area contributed by atoms with Crippen LogP contribution in [0.15, 0.2) is 48.5 Å². The maximum absolute atomic E-state index is 14.0. The fourth-order valence-corrected chi connectivity index (χ4v) is 8.12. The van der Waals surface area contributed by atoms with Crippen molar-refractivity contribution >= 4 is 37.9 Å². The van der Waals surface area contributed by atoms with Gasteiger partial charge < -0.3 is 73.1 Å². The molecule has 4 rings (SSSR count). The average molecular weight is 1170 g/mol. The normalized spacial score (nSPS) is 11.9. The second-order valence-electron chi connectivity index (χ2n) is 17.1. The Morgan fingerprint density at radius 1 is 0.531 bits per heavy atom. The van der Waals surface area contributed by atoms with E-state index in [4.69, 9.17) is 51.6 Å². The number of nitrogens with one attached hydrogen (secondary N) is 4. The molecule has 2 heterocycles. The van der Waals surface area contributed by atoms with Crippen LogP contribution >= 0.6 is 8.60 Å². The minimum atomic E-state index is -1.47. The Morgan fingerprint density at radius 2 is 1.02 bits per heavy atom. The topological polar surface area (TPSA) is 261 Å². The summed E-state index contributed by atoms with van der Waals surface area (Å²) in [6.07, 6.45) is 4.15. The third kappa shape index (κ3) is 32.7. The number of likely N-dealkylation sites (N-methyl/N-ethyl adjacent to an activating group) is 1. The van der Waals surface area contributed by atoms with Gasteiger partial charge in [0, 0.05) is 70.1 Å². The molecule has 25 heteroatoms. The third-order valence-corrected chi connectivity index (χ3v) is 12.4. The summed E-state index contributed by atoms with van der Waals surface area (Å²) >= 11 is 0. The van der Waals surface area contributed by atoms with E-state index in [9.17, 15) is 19.2 Å². The summed E-state index contributed by atoms with van der Waals surface area (Å²) in [5, 5.41) is 20.7. The highest BCUT2D eigenvalue weighted by Gasteiger charge is 2.29. The van der Waals surface area contributed by atoms with Crippen molar-refractivity contribution in [2.24, 2.45) is 0 Å². The average Bonchev–Trinajstić information content (AvgIpc) is 3.96. The standard InChI is InChI=1S/C52H83N8O16P.2C2H6/c1-53-21-28-69-33-37-73-38-34-70-30-23-56-49(63)18-26-67-29-22-55-47(61)16-17-50(64)59-42-43-12-6-7-13-44(43)52-51(45-14-8-9-15-46(45)59)57-58-60(52)24-31-71-35-39-74-41-40-72-36-32-68-27-19-48(62)54-20-10-4-5-11-25-75-77(66-3)76-65-2;2*1-2/h6-9,12-15,53H,4-5,10-11,16-42H2,1-3H3,(H,54,62)(H,55,61)(H,56,63);2*1-2H3. The molecule has 1 aliphatic heterocycles. The number of hydrogen-bond donors (Lipinski definition) is 4. The van der Waals surface area contributed by atoms with E-state index >= 15 is 0 Å². The summed E-state index contributed by atoms with van der Waals surface area (Å²) in [5.41, 5.74) is 4.69. The zero-order valence-electron chi connectivity index (χ0n) is 49.3. The Bertz CT molecular complexity index is 2080. The molecule has 24 nitrogen and oxygen atoms in total. The second-order valence-corrected chi connectivity index (χ2v) is 18.3. The first-order valence-corrected chi connectivity index (χ1v) is 29.6. The molecule has 0 saturated carbocycles. The highest BCUT2D eigenvalue weighted by atomic mass is 31.2. The Labute approximate surface area is 481 Å². The zero-order valence-corrected chi connectivity index (χ0v) is 50.2.